The number of amides is 2. The first-order chi connectivity index (χ1) is 18.3. The van der Waals surface area contributed by atoms with Crippen LogP contribution in [-0.4, -0.2) is 36.9 Å². The first kappa shape index (κ1) is 26.4. The molecule has 2 amide bonds. The van der Waals surface area contributed by atoms with Gasteiger partial charge in [-0.2, -0.15) is 0 Å². The van der Waals surface area contributed by atoms with E-state index in [-0.39, 0.29) is 22.9 Å². The zero-order valence-electron chi connectivity index (χ0n) is 20.5. The molecule has 5 rings (SSSR count). The minimum Gasteiger partial charge on any atom is -0.321 e. The van der Waals surface area contributed by atoms with E-state index in [0.717, 1.165) is 19.3 Å². The highest BCUT2D eigenvalue weighted by Crippen LogP contribution is 2.37. The molecule has 4 aromatic rings. The lowest BCUT2D eigenvalue weighted by atomic mass is 9.88. The van der Waals surface area contributed by atoms with Gasteiger partial charge in [-0.3, -0.25) is 5.32 Å². The van der Waals surface area contributed by atoms with Crippen LogP contribution in [0.2, 0.25) is 4.34 Å². The average molecular weight is 567 g/mol. The number of rotatable bonds is 9. The Balaban J connectivity index is 1.30. The highest BCUT2D eigenvalue weighted by Gasteiger charge is 2.33. The van der Waals surface area contributed by atoms with Gasteiger partial charge in [0, 0.05) is 24.1 Å². The lowest BCUT2D eigenvalue weighted by Gasteiger charge is -2.26. The van der Waals surface area contributed by atoms with Crippen molar-refractivity contribution < 1.29 is 13.2 Å². The smallest absolute Gasteiger partial charge is 0.321 e. The van der Waals surface area contributed by atoms with Crippen molar-refractivity contribution in [1.82, 2.24) is 9.88 Å². The number of thiazole rings is 1. The van der Waals surface area contributed by atoms with Crippen LogP contribution in [0.5, 0.6) is 0 Å². The largest absolute Gasteiger partial charge is 0.323 e. The summed E-state index contributed by atoms with van der Waals surface area (Å²) in [6.07, 6.45) is 2.75. The minimum absolute atomic E-state index is 0.00510. The summed E-state index contributed by atoms with van der Waals surface area (Å²) in [6, 6.07) is 26.7. The van der Waals surface area contributed by atoms with Gasteiger partial charge in [-0.25, -0.2) is 23.3 Å². The maximum Gasteiger partial charge on any atom is 0.323 e. The van der Waals surface area contributed by atoms with Crippen LogP contribution >= 0.6 is 22.9 Å². The van der Waals surface area contributed by atoms with Crippen LogP contribution in [0.1, 0.15) is 36.3 Å². The van der Waals surface area contributed by atoms with Gasteiger partial charge in [0.1, 0.15) is 10.0 Å². The molecular weight excluding hydrogens is 540 g/mol. The van der Waals surface area contributed by atoms with Crippen LogP contribution in [0, 0.1) is 0 Å². The van der Waals surface area contributed by atoms with Crippen LogP contribution in [0.25, 0.3) is 11.3 Å². The van der Waals surface area contributed by atoms with E-state index in [1.165, 1.54) is 34.6 Å². The van der Waals surface area contributed by atoms with Gasteiger partial charge in [0.15, 0.2) is 5.13 Å². The maximum atomic E-state index is 13.3. The average Bonchev–Trinajstić information content (AvgIpc) is 3.69. The van der Waals surface area contributed by atoms with E-state index < -0.39 is 10.0 Å². The van der Waals surface area contributed by atoms with Crippen LogP contribution < -0.4 is 10.5 Å². The van der Waals surface area contributed by atoms with Crippen LogP contribution in [0.15, 0.2) is 89.8 Å². The number of benzene rings is 3. The molecule has 1 aromatic heterocycles. The Labute approximate surface area is 231 Å². The second-order valence-corrected chi connectivity index (χ2v) is 12.4. The number of carbonyl (C=O) groups is 1. The molecule has 0 aliphatic heterocycles. The Kier molecular flexibility index (Phi) is 7.80. The fourth-order valence-corrected chi connectivity index (χ4v) is 6.09. The summed E-state index contributed by atoms with van der Waals surface area (Å²) < 4.78 is 23.5. The highest BCUT2D eigenvalue weighted by molar-refractivity contribution is 7.89. The molecule has 10 heteroatoms. The van der Waals surface area contributed by atoms with E-state index in [4.69, 9.17) is 16.7 Å². The summed E-state index contributed by atoms with van der Waals surface area (Å²) in [4.78, 5) is 19.8. The third-order valence-electron chi connectivity index (χ3n) is 6.57. The molecule has 1 aliphatic carbocycles. The fraction of sp³-hybridized carbons (Fsp3) is 0.214. The number of hydrogen-bond acceptors (Lipinski definition) is 5. The molecule has 0 radical (unpaired) electrons. The number of urea groups is 1. The zero-order valence-corrected chi connectivity index (χ0v) is 22.8. The third kappa shape index (κ3) is 6.24. The van der Waals surface area contributed by atoms with E-state index in [1.54, 1.807) is 12.1 Å². The van der Waals surface area contributed by atoms with Gasteiger partial charge in [0.2, 0.25) is 10.0 Å². The molecule has 0 bridgehead atoms. The summed E-state index contributed by atoms with van der Waals surface area (Å²) in [6.45, 7) is 0.603. The number of hydrogen-bond donors (Lipinski definition) is 2. The van der Waals surface area contributed by atoms with E-state index in [9.17, 15) is 13.2 Å². The number of halogens is 1. The zero-order chi connectivity index (χ0) is 26.7. The minimum atomic E-state index is -3.80. The second kappa shape index (κ2) is 11.2. The number of nitrogens with one attached hydrogen (secondary N) is 1. The molecule has 0 saturated heterocycles. The van der Waals surface area contributed by atoms with Crippen molar-refractivity contribution in [3.05, 3.63) is 100 Å². The van der Waals surface area contributed by atoms with E-state index in [1.807, 2.05) is 41.3 Å². The number of nitrogens with two attached hydrogens (primary N) is 1. The molecular formula is C28H27ClN4O3S2. The summed E-state index contributed by atoms with van der Waals surface area (Å²) in [7, 11) is -3.80. The topological polar surface area (TPSA) is 105 Å². The second-order valence-electron chi connectivity index (χ2n) is 9.23. The van der Waals surface area contributed by atoms with Gasteiger partial charge in [-0.1, -0.05) is 95.7 Å². The van der Waals surface area contributed by atoms with E-state index >= 15 is 0 Å². The van der Waals surface area contributed by atoms with Gasteiger partial charge in [0.25, 0.3) is 0 Å². The molecule has 0 unspecified atom stereocenters. The molecule has 7 nitrogen and oxygen atoms in total. The first-order valence-electron chi connectivity index (χ1n) is 12.3. The lowest BCUT2D eigenvalue weighted by molar-refractivity contribution is 0.207. The van der Waals surface area contributed by atoms with Crippen LogP contribution in [-0.2, 0) is 10.0 Å². The van der Waals surface area contributed by atoms with Gasteiger partial charge < -0.3 is 4.90 Å². The van der Waals surface area contributed by atoms with Gasteiger partial charge >= 0.3 is 6.03 Å². The Morgan fingerprint density at radius 2 is 1.58 bits per heavy atom. The van der Waals surface area contributed by atoms with E-state index in [0.29, 0.717) is 27.3 Å². The molecule has 1 saturated carbocycles. The molecule has 1 fully saturated rings. The number of primary sulfonamides is 1. The molecule has 3 aromatic carbocycles. The summed E-state index contributed by atoms with van der Waals surface area (Å²) in [5.41, 5.74) is 3.55. The molecule has 0 atom stereocenters. The summed E-state index contributed by atoms with van der Waals surface area (Å²) in [5.74, 6) is 0.174. The number of anilines is 1. The number of carbonyl (C=O) groups excluding carboxylic acids is 1. The number of sulfonamides is 1. The summed E-state index contributed by atoms with van der Waals surface area (Å²) >= 11 is 7.60. The van der Waals surface area contributed by atoms with Gasteiger partial charge in [0.05, 0.1) is 4.90 Å². The Hall–Kier alpha value is -3.24. The quantitative estimate of drug-likeness (QED) is 0.247. The van der Waals surface area contributed by atoms with Crippen molar-refractivity contribution in [2.75, 3.05) is 11.9 Å². The van der Waals surface area contributed by atoms with E-state index in [2.05, 4.69) is 34.6 Å². The van der Waals surface area contributed by atoms with Crippen molar-refractivity contribution in [3.8, 4) is 11.3 Å². The fourth-order valence-electron chi connectivity index (χ4n) is 4.50. The van der Waals surface area contributed by atoms with Gasteiger partial charge in [-0.05, 0) is 42.5 Å². The van der Waals surface area contributed by atoms with Crippen molar-refractivity contribution in [2.24, 2.45) is 5.14 Å². The van der Waals surface area contributed by atoms with Crippen LogP contribution in [0.4, 0.5) is 9.93 Å². The van der Waals surface area contributed by atoms with Crippen molar-refractivity contribution in [1.29, 1.82) is 0 Å². The standard InChI is InChI=1S/C28H27ClN4O3S2/c29-26-25(21-11-15-23(16-12-21)38(30,35)36)31-27(37-26)32-28(34)33(22-13-14-22)18-17-24(19-7-3-1-4-8-19)20-9-5-2-6-10-20/h1-12,15-16,22,24H,13-14,17-18H2,(H2,30,35,36)(H,31,32,34). The first-order valence-corrected chi connectivity index (χ1v) is 15.0. The normalized spacial score (nSPS) is 13.4. The molecule has 196 valence electrons. The van der Waals surface area contributed by atoms with Gasteiger partial charge in [-0.15, -0.1) is 0 Å². The third-order valence-corrected chi connectivity index (χ3v) is 8.67. The highest BCUT2D eigenvalue weighted by atomic mass is 35.5. The van der Waals surface area contributed by atoms with Crippen molar-refractivity contribution >= 4 is 44.1 Å². The number of nitrogens with zero attached hydrogens (tertiary/aromatic N) is 2. The predicted octanol–water partition coefficient (Wildman–Crippen LogP) is 6.33. The number of aromatic nitrogens is 1. The SMILES string of the molecule is NS(=O)(=O)c1ccc(-c2nc(NC(=O)N(CCC(c3ccccc3)c3ccccc3)C3CC3)sc2Cl)cc1. The predicted molar refractivity (Wildman–Crippen MR) is 152 cm³/mol. The summed E-state index contributed by atoms with van der Waals surface area (Å²) in [5, 5.41) is 8.50. The molecule has 38 heavy (non-hydrogen) atoms. The monoisotopic (exact) mass is 566 g/mol. The lowest BCUT2D eigenvalue weighted by Crippen LogP contribution is -2.38. The molecule has 1 aliphatic rings. The molecule has 0 spiro atoms. The van der Waals surface area contributed by atoms with Crippen molar-refractivity contribution in [2.45, 2.75) is 36.1 Å². The maximum absolute atomic E-state index is 13.3. The van der Waals surface area contributed by atoms with Crippen LogP contribution in [0.3, 0.4) is 0 Å². The molecule has 3 N–H and O–H groups in total. The Morgan fingerprint density at radius 3 is 2.11 bits per heavy atom. The van der Waals surface area contributed by atoms with Crippen molar-refractivity contribution in [3.63, 3.8) is 0 Å². The molecule has 1 heterocycles. The Bertz CT molecular complexity index is 1470. The Morgan fingerprint density at radius 1 is 1.00 bits per heavy atom.